The van der Waals surface area contributed by atoms with Gasteiger partial charge >= 0.3 is 0 Å². The molecule has 2 N–H and O–H groups in total. The molecule has 3 nitrogen and oxygen atoms in total. The molecule has 0 spiro atoms. The molecule has 2 unspecified atom stereocenters. The molecule has 1 rings (SSSR count). The molecule has 3 heteroatoms. The van der Waals surface area contributed by atoms with Crippen LogP contribution in [0.3, 0.4) is 0 Å². The van der Waals surface area contributed by atoms with E-state index in [-0.39, 0.29) is 0 Å². The van der Waals surface area contributed by atoms with Crippen LogP contribution in [0.2, 0.25) is 0 Å². The van der Waals surface area contributed by atoms with Gasteiger partial charge in [0.1, 0.15) is 0 Å². The molecule has 108 valence electrons. The fourth-order valence-electron chi connectivity index (χ4n) is 3.27. The Kier molecular flexibility index (Phi) is 7.87. The van der Waals surface area contributed by atoms with Gasteiger partial charge in [-0.3, -0.25) is 4.90 Å². The van der Waals surface area contributed by atoms with Crippen molar-refractivity contribution in [3.63, 3.8) is 0 Å². The standard InChI is InChI=1S/C15H32N2O/c1-4-15(5-2)17(9-10-18-3)12-13-7-6-8-14(16)11-13/h13-15H,4-12,16H2,1-3H3. The Morgan fingerprint density at radius 1 is 1.28 bits per heavy atom. The van der Waals surface area contributed by atoms with E-state index in [4.69, 9.17) is 10.5 Å². The highest BCUT2D eigenvalue weighted by Gasteiger charge is 2.24. The van der Waals surface area contributed by atoms with Gasteiger partial charge in [-0.15, -0.1) is 0 Å². The second-order valence-corrected chi connectivity index (χ2v) is 5.75. The highest BCUT2D eigenvalue weighted by Crippen LogP contribution is 2.25. The number of hydrogen-bond donors (Lipinski definition) is 1. The van der Waals surface area contributed by atoms with Crippen molar-refractivity contribution in [2.45, 2.75) is 64.5 Å². The van der Waals surface area contributed by atoms with E-state index in [1.54, 1.807) is 7.11 Å². The minimum Gasteiger partial charge on any atom is -0.383 e. The van der Waals surface area contributed by atoms with Gasteiger partial charge in [-0.05, 0) is 38.0 Å². The predicted octanol–water partition coefficient (Wildman–Crippen LogP) is 2.64. The molecule has 0 aromatic carbocycles. The van der Waals surface area contributed by atoms with Crippen molar-refractivity contribution in [1.29, 1.82) is 0 Å². The molecule has 0 saturated heterocycles. The first-order chi connectivity index (χ1) is 8.71. The average Bonchev–Trinajstić information content (AvgIpc) is 2.37. The molecule has 0 bridgehead atoms. The number of nitrogens with zero attached hydrogens (tertiary/aromatic N) is 1. The van der Waals surface area contributed by atoms with Crippen LogP contribution < -0.4 is 5.73 Å². The Hall–Kier alpha value is -0.120. The minimum atomic E-state index is 0.440. The van der Waals surface area contributed by atoms with Gasteiger partial charge in [-0.2, -0.15) is 0 Å². The Morgan fingerprint density at radius 2 is 2.00 bits per heavy atom. The molecule has 0 heterocycles. The van der Waals surface area contributed by atoms with Crippen molar-refractivity contribution >= 4 is 0 Å². The van der Waals surface area contributed by atoms with E-state index >= 15 is 0 Å². The van der Waals surface area contributed by atoms with E-state index in [1.165, 1.54) is 45.1 Å². The summed E-state index contributed by atoms with van der Waals surface area (Å²) in [4.78, 5) is 2.63. The topological polar surface area (TPSA) is 38.5 Å². The molecule has 0 amide bonds. The van der Waals surface area contributed by atoms with Crippen LogP contribution in [0.15, 0.2) is 0 Å². The zero-order valence-corrected chi connectivity index (χ0v) is 12.5. The monoisotopic (exact) mass is 256 g/mol. The quantitative estimate of drug-likeness (QED) is 0.725. The highest BCUT2D eigenvalue weighted by molar-refractivity contribution is 4.79. The van der Waals surface area contributed by atoms with Crippen LogP contribution in [-0.2, 0) is 4.74 Å². The summed E-state index contributed by atoms with van der Waals surface area (Å²) < 4.78 is 5.26. The largest absolute Gasteiger partial charge is 0.383 e. The highest BCUT2D eigenvalue weighted by atomic mass is 16.5. The van der Waals surface area contributed by atoms with E-state index < -0.39 is 0 Å². The minimum absolute atomic E-state index is 0.440. The first kappa shape index (κ1) is 15.9. The van der Waals surface area contributed by atoms with Gasteiger partial charge in [0.05, 0.1) is 6.61 Å². The third-order valence-electron chi connectivity index (χ3n) is 4.36. The van der Waals surface area contributed by atoms with E-state index in [0.717, 1.165) is 19.1 Å². The van der Waals surface area contributed by atoms with Gasteiger partial charge in [0.2, 0.25) is 0 Å². The molecule has 0 aromatic rings. The molecule has 1 saturated carbocycles. The normalized spacial score (nSPS) is 25.0. The zero-order chi connectivity index (χ0) is 13.4. The van der Waals surface area contributed by atoms with Crippen LogP contribution in [0.1, 0.15) is 52.4 Å². The van der Waals surface area contributed by atoms with Gasteiger partial charge in [0.25, 0.3) is 0 Å². The summed E-state index contributed by atoms with van der Waals surface area (Å²) in [6.07, 6.45) is 7.57. The molecular weight excluding hydrogens is 224 g/mol. The lowest BCUT2D eigenvalue weighted by Gasteiger charge is -2.36. The molecule has 18 heavy (non-hydrogen) atoms. The maximum Gasteiger partial charge on any atom is 0.0589 e. The fraction of sp³-hybridized carbons (Fsp3) is 1.00. The first-order valence-electron chi connectivity index (χ1n) is 7.69. The number of rotatable bonds is 8. The Balaban J connectivity index is 2.47. The lowest BCUT2D eigenvalue weighted by atomic mass is 9.85. The van der Waals surface area contributed by atoms with E-state index in [9.17, 15) is 0 Å². The van der Waals surface area contributed by atoms with E-state index in [1.807, 2.05) is 0 Å². The maximum absolute atomic E-state index is 6.10. The number of methoxy groups -OCH3 is 1. The van der Waals surface area contributed by atoms with Crippen molar-refractivity contribution in [1.82, 2.24) is 4.90 Å². The number of hydrogen-bond acceptors (Lipinski definition) is 3. The van der Waals surface area contributed by atoms with Crippen LogP contribution in [0.25, 0.3) is 0 Å². The van der Waals surface area contributed by atoms with Gasteiger partial charge < -0.3 is 10.5 Å². The summed E-state index contributed by atoms with van der Waals surface area (Å²) in [6, 6.07) is 1.15. The third-order valence-corrected chi connectivity index (χ3v) is 4.36. The van der Waals surface area contributed by atoms with Gasteiger partial charge in [-0.25, -0.2) is 0 Å². The van der Waals surface area contributed by atoms with Gasteiger partial charge in [0, 0.05) is 32.3 Å². The summed E-state index contributed by atoms with van der Waals surface area (Å²) in [7, 11) is 1.79. The zero-order valence-electron chi connectivity index (χ0n) is 12.5. The summed E-state index contributed by atoms with van der Waals surface area (Å²) >= 11 is 0. The summed E-state index contributed by atoms with van der Waals surface area (Å²) in [6.45, 7) is 7.70. The Bertz CT molecular complexity index is 207. The van der Waals surface area contributed by atoms with Crippen LogP contribution in [0.4, 0.5) is 0 Å². The number of ether oxygens (including phenoxy) is 1. The third kappa shape index (κ3) is 5.25. The first-order valence-corrected chi connectivity index (χ1v) is 7.69. The smallest absolute Gasteiger partial charge is 0.0589 e. The molecule has 2 atom stereocenters. The molecular formula is C15H32N2O. The Morgan fingerprint density at radius 3 is 2.56 bits per heavy atom. The predicted molar refractivity (Wildman–Crippen MR) is 77.8 cm³/mol. The molecule has 1 fully saturated rings. The van der Waals surface area contributed by atoms with Crippen LogP contribution in [0, 0.1) is 5.92 Å². The van der Waals surface area contributed by atoms with E-state index in [2.05, 4.69) is 18.7 Å². The fourth-order valence-corrected chi connectivity index (χ4v) is 3.27. The molecule has 1 aliphatic carbocycles. The van der Waals surface area contributed by atoms with Gasteiger partial charge in [0.15, 0.2) is 0 Å². The second kappa shape index (κ2) is 8.89. The summed E-state index contributed by atoms with van der Waals surface area (Å²) in [5.41, 5.74) is 6.10. The van der Waals surface area contributed by atoms with Crippen LogP contribution in [0.5, 0.6) is 0 Å². The SMILES string of the molecule is CCC(CC)N(CCOC)CC1CCCC(N)C1. The van der Waals surface area contributed by atoms with E-state index in [0.29, 0.717) is 12.1 Å². The molecule has 0 aromatic heterocycles. The van der Waals surface area contributed by atoms with Crippen LogP contribution >= 0.6 is 0 Å². The van der Waals surface area contributed by atoms with Gasteiger partial charge in [-0.1, -0.05) is 20.3 Å². The van der Waals surface area contributed by atoms with Crippen LogP contribution in [-0.4, -0.2) is 43.8 Å². The van der Waals surface area contributed by atoms with Crippen molar-refractivity contribution < 1.29 is 4.74 Å². The average molecular weight is 256 g/mol. The van der Waals surface area contributed by atoms with Crippen molar-refractivity contribution in [2.24, 2.45) is 11.7 Å². The lowest BCUT2D eigenvalue weighted by Crippen LogP contribution is -2.42. The molecule has 0 radical (unpaired) electrons. The second-order valence-electron chi connectivity index (χ2n) is 5.75. The maximum atomic E-state index is 6.10. The summed E-state index contributed by atoms with van der Waals surface area (Å²) in [5.74, 6) is 0.797. The van der Waals surface area contributed by atoms with Crippen molar-refractivity contribution in [2.75, 3.05) is 26.8 Å². The summed E-state index contributed by atoms with van der Waals surface area (Å²) in [5, 5.41) is 0. The number of nitrogens with two attached hydrogens (primary N) is 1. The van der Waals surface area contributed by atoms with Crippen molar-refractivity contribution in [3.8, 4) is 0 Å². The molecule has 0 aliphatic heterocycles. The van der Waals surface area contributed by atoms with Crippen molar-refractivity contribution in [3.05, 3.63) is 0 Å². The lowest BCUT2D eigenvalue weighted by molar-refractivity contribution is 0.0923. The Labute approximate surface area is 113 Å². The molecule has 1 aliphatic rings.